The van der Waals surface area contributed by atoms with Crippen molar-refractivity contribution in [3.63, 3.8) is 0 Å². The average molecular weight is 395 g/mol. The molecule has 0 spiro atoms. The van der Waals surface area contributed by atoms with E-state index in [1.807, 2.05) is 37.4 Å². The maximum absolute atomic E-state index is 12.3. The summed E-state index contributed by atoms with van der Waals surface area (Å²) >= 11 is 1.58. The summed E-state index contributed by atoms with van der Waals surface area (Å²) in [5.74, 6) is -0.0698. The zero-order chi connectivity index (χ0) is 20.1. The molecule has 0 aliphatic carbocycles. The van der Waals surface area contributed by atoms with E-state index < -0.39 is 0 Å². The predicted octanol–water partition coefficient (Wildman–Crippen LogP) is 4.55. The molecule has 3 N–H and O–H groups in total. The van der Waals surface area contributed by atoms with Crippen molar-refractivity contribution in [2.75, 3.05) is 13.1 Å². The number of amides is 1. The van der Waals surface area contributed by atoms with E-state index in [9.17, 15) is 4.79 Å². The molecule has 0 radical (unpaired) electrons. The lowest BCUT2D eigenvalue weighted by Gasteiger charge is -2.04. The van der Waals surface area contributed by atoms with E-state index in [2.05, 4.69) is 35.4 Å². The summed E-state index contributed by atoms with van der Waals surface area (Å²) in [5, 5.41) is 2.89. The number of carbonyl (C=O) groups excluding carboxylic acids is 1. The zero-order valence-corrected chi connectivity index (χ0v) is 17.2. The Bertz CT molecular complexity index is 1070. The second-order valence-corrected chi connectivity index (χ2v) is 7.56. The topological polar surface area (TPSA) is 72.4 Å². The number of aromatic nitrogens is 2. The lowest BCUT2D eigenvalue weighted by molar-refractivity contribution is 0.0953. The Morgan fingerprint density at radius 2 is 2.21 bits per heavy atom. The normalized spacial score (nSPS) is 12.3. The van der Waals surface area contributed by atoms with Crippen molar-refractivity contribution in [3.05, 3.63) is 66.0 Å². The zero-order valence-electron chi connectivity index (χ0n) is 16.4. The van der Waals surface area contributed by atoms with Gasteiger partial charge in [0, 0.05) is 18.3 Å². The van der Waals surface area contributed by atoms with E-state index in [-0.39, 0.29) is 5.91 Å². The van der Waals surface area contributed by atoms with E-state index in [0.717, 1.165) is 44.9 Å². The number of carbonyl (C=O) groups is 1. The Hall–Kier alpha value is -2.70. The van der Waals surface area contributed by atoms with Gasteiger partial charge in [-0.15, -0.1) is 0 Å². The van der Waals surface area contributed by atoms with Crippen molar-refractivity contribution < 1.29 is 4.79 Å². The molecule has 0 aliphatic rings. The first-order valence-electron chi connectivity index (χ1n) is 9.49. The van der Waals surface area contributed by atoms with Crippen LogP contribution < -0.4 is 11.1 Å². The molecule has 3 rings (SSSR count). The Labute approximate surface area is 169 Å². The molecule has 2 aromatic heterocycles. The van der Waals surface area contributed by atoms with Crippen LogP contribution in [0.15, 0.2) is 54.8 Å². The maximum Gasteiger partial charge on any atom is 0.251 e. The number of imidazole rings is 1. The Kier molecular flexibility index (Phi) is 6.44. The molecular weight excluding hydrogens is 368 g/mol. The molecule has 2 heterocycles. The lowest BCUT2D eigenvalue weighted by atomic mass is 10.1. The van der Waals surface area contributed by atoms with Crippen LogP contribution in [0.1, 0.15) is 42.7 Å². The van der Waals surface area contributed by atoms with Gasteiger partial charge in [0.1, 0.15) is 0 Å². The van der Waals surface area contributed by atoms with Gasteiger partial charge in [0.2, 0.25) is 0 Å². The van der Waals surface area contributed by atoms with Gasteiger partial charge in [0.05, 0.1) is 15.9 Å². The minimum Gasteiger partial charge on any atom is -0.352 e. The van der Waals surface area contributed by atoms with Crippen molar-refractivity contribution in [3.8, 4) is 0 Å². The van der Waals surface area contributed by atoms with Crippen LogP contribution in [-0.4, -0.2) is 28.4 Å². The third-order valence-electron chi connectivity index (χ3n) is 4.58. The minimum atomic E-state index is -0.0698. The molecule has 5 nitrogen and oxygen atoms in total. The summed E-state index contributed by atoms with van der Waals surface area (Å²) < 4.78 is 3.12. The highest BCUT2D eigenvalue weighted by molar-refractivity contribution is 7.23. The van der Waals surface area contributed by atoms with E-state index in [4.69, 9.17) is 10.7 Å². The van der Waals surface area contributed by atoms with Gasteiger partial charge >= 0.3 is 0 Å². The second-order valence-electron chi connectivity index (χ2n) is 6.55. The van der Waals surface area contributed by atoms with Gasteiger partial charge in [-0.2, -0.15) is 0 Å². The smallest absolute Gasteiger partial charge is 0.251 e. The van der Waals surface area contributed by atoms with Crippen molar-refractivity contribution in [1.29, 1.82) is 0 Å². The van der Waals surface area contributed by atoms with Crippen LogP contribution in [0.3, 0.4) is 0 Å². The van der Waals surface area contributed by atoms with Crippen LogP contribution in [0.5, 0.6) is 0 Å². The number of fused-ring (bicyclic) bond motifs is 3. The maximum atomic E-state index is 12.3. The average Bonchev–Trinajstić information content (AvgIpc) is 3.25. The number of benzene rings is 1. The molecule has 0 fully saturated rings. The third-order valence-corrected chi connectivity index (χ3v) is 5.60. The van der Waals surface area contributed by atoms with Gasteiger partial charge in [0.15, 0.2) is 4.96 Å². The van der Waals surface area contributed by atoms with Crippen LogP contribution >= 0.6 is 11.3 Å². The van der Waals surface area contributed by atoms with Gasteiger partial charge in [-0.1, -0.05) is 48.6 Å². The predicted molar refractivity (Wildman–Crippen MR) is 119 cm³/mol. The number of nitrogens with two attached hydrogens (primary N) is 1. The summed E-state index contributed by atoms with van der Waals surface area (Å²) in [6.45, 7) is 9.28. The molecule has 1 aromatic carbocycles. The summed E-state index contributed by atoms with van der Waals surface area (Å²) in [6, 6.07) is 5.76. The monoisotopic (exact) mass is 394 g/mol. The van der Waals surface area contributed by atoms with Crippen LogP contribution in [-0.2, 0) is 0 Å². The van der Waals surface area contributed by atoms with Gasteiger partial charge in [-0.25, -0.2) is 4.98 Å². The van der Waals surface area contributed by atoms with Gasteiger partial charge in [0.25, 0.3) is 5.91 Å². The van der Waals surface area contributed by atoms with E-state index in [1.54, 1.807) is 11.3 Å². The van der Waals surface area contributed by atoms with Crippen LogP contribution in [0.4, 0.5) is 0 Å². The fraction of sp³-hybridized carbons (Fsp3) is 0.273. The Morgan fingerprint density at radius 1 is 1.39 bits per heavy atom. The Morgan fingerprint density at radius 3 is 2.93 bits per heavy atom. The number of nitrogens with one attached hydrogen (secondary N) is 1. The quantitative estimate of drug-likeness (QED) is 0.435. The van der Waals surface area contributed by atoms with Crippen molar-refractivity contribution >= 4 is 38.0 Å². The number of rotatable bonds is 8. The van der Waals surface area contributed by atoms with Crippen molar-refractivity contribution in [2.45, 2.75) is 26.7 Å². The van der Waals surface area contributed by atoms with Crippen molar-refractivity contribution in [2.24, 2.45) is 5.73 Å². The third kappa shape index (κ3) is 4.24. The number of allylic oxidation sites excluding steroid dienone is 5. The fourth-order valence-electron chi connectivity index (χ4n) is 2.84. The van der Waals surface area contributed by atoms with Crippen LogP contribution in [0.2, 0.25) is 0 Å². The molecule has 146 valence electrons. The molecule has 0 aliphatic heterocycles. The second kappa shape index (κ2) is 8.99. The van der Waals surface area contributed by atoms with Crippen LogP contribution in [0, 0.1) is 0 Å². The van der Waals surface area contributed by atoms with Gasteiger partial charge < -0.3 is 11.1 Å². The summed E-state index contributed by atoms with van der Waals surface area (Å²) in [4.78, 5) is 17.9. The first-order valence-corrected chi connectivity index (χ1v) is 10.3. The standard InChI is InChI=1S/C22H26N4OS/c1-4-15(3)7-8-16(5-2)18-14-26-19-10-9-17(21(27)24-12-6-11-23)13-20(19)28-22(26)25-18/h5,7-10,13-14H,3-4,6,11-12,23H2,1-2H3,(H,24,27)/b8-7-,16-5+. The highest BCUT2D eigenvalue weighted by atomic mass is 32.1. The molecule has 0 atom stereocenters. The highest BCUT2D eigenvalue weighted by Gasteiger charge is 2.13. The number of hydrogen-bond donors (Lipinski definition) is 2. The first-order chi connectivity index (χ1) is 13.6. The van der Waals surface area contributed by atoms with E-state index in [1.165, 1.54) is 0 Å². The van der Waals surface area contributed by atoms with E-state index >= 15 is 0 Å². The molecule has 3 aromatic rings. The van der Waals surface area contributed by atoms with Gasteiger partial charge in [-0.3, -0.25) is 9.20 Å². The molecule has 1 amide bonds. The number of nitrogens with zero attached hydrogens (tertiary/aromatic N) is 2. The molecule has 28 heavy (non-hydrogen) atoms. The summed E-state index contributed by atoms with van der Waals surface area (Å²) in [5.41, 5.74) is 10.3. The van der Waals surface area contributed by atoms with E-state index in [0.29, 0.717) is 18.7 Å². The number of hydrogen-bond acceptors (Lipinski definition) is 4. The highest BCUT2D eigenvalue weighted by Crippen LogP contribution is 2.29. The largest absolute Gasteiger partial charge is 0.352 e. The lowest BCUT2D eigenvalue weighted by Crippen LogP contribution is -2.25. The molecule has 0 unspecified atom stereocenters. The SMILES string of the molecule is C=C(/C=C\C(=C/C)c1cn2c(n1)sc1cc(C(=O)NCCCN)ccc12)CC. The first kappa shape index (κ1) is 20.0. The minimum absolute atomic E-state index is 0.0698. The molecule has 0 saturated heterocycles. The molecule has 0 bridgehead atoms. The van der Waals surface area contributed by atoms with Crippen LogP contribution in [0.25, 0.3) is 20.8 Å². The fourth-order valence-corrected chi connectivity index (χ4v) is 3.89. The molecule has 6 heteroatoms. The number of thiazole rings is 1. The summed E-state index contributed by atoms with van der Waals surface area (Å²) in [7, 11) is 0. The molecular formula is C22H26N4OS. The van der Waals surface area contributed by atoms with Gasteiger partial charge in [-0.05, 0) is 50.1 Å². The Balaban J connectivity index is 1.88. The summed E-state index contributed by atoms with van der Waals surface area (Å²) in [6.07, 6.45) is 9.90. The molecule has 0 saturated carbocycles. The van der Waals surface area contributed by atoms with Crippen molar-refractivity contribution in [1.82, 2.24) is 14.7 Å².